The topological polar surface area (TPSA) is 330 Å². The molecule has 6 aromatic rings. The van der Waals surface area contributed by atoms with Crippen LogP contribution in [0.15, 0.2) is 146 Å². The molecule has 6 heterocycles. The fourth-order valence-corrected chi connectivity index (χ4v) is 11.3. The average molecular weight is 1920 g/mol. The van der Waals surface area contributed by atoms with Crippen LogP contribution in [-0.2, 0) is 65.9 Å². The van der Waals surface area contributed by atoms with Gasteiger partial charge in [-0.2, -0.15) is 0 Å². The standard InChI is InChI=1S/4C10H13BO.2C9H12BNO.2C3H6O3.2C2H7NO.2C2H6O2.2Rf/c4*1-3-10-8-6-4-5-7-9(8)11(2)12-10;2*1-10-8-5-3-2-4-7(8)9(6-11)12-10;2*1-6-2-3(4)5;4*1-4-2-3;;/h4*4-7,10H,3H2,1-2H3;2*2-5,9H,6,11H2,1H3;2*2H2,1H3,(H,4,5);2*2-3H2,1H3;2*3H,2H2,1H3;;/t4*10-;2*9-;;;;;;;;/m110010......../s1. The van der Waals surface area contributed by atoms with Crippen LogP contribution < -0.4 is 55.7 Å². The number of nitrogens with two attached hydrogens (primary N) is 4. The number of hydrogen-bond donors (Lipinski definition) is 8. The van der Waals surface area contributed by atoms with Crippen LogP contribution in [0.4, 0.5) is 0 Å². The minimum absolute atomic E-state index is 0. The van der Waals surface area contributed by atoms with Gasteiger partial charge in [-0.3, -0.25) is 0 Å². The minimum Gasteiger partial charge on any atom is -0.480 e. The number of carbonyl (C=O) groups is 2. The smallest absolute Gasteiger partial charge is 0.329 e. The minimum atomic E-state index is -0.933. The Bertz CT molecular complexity index is 2630. The van der Waals surface area contributed by atoms with E-state index in [4.69, 9.17) is 71.3 Å². The predicted molar refractivity (Wildman–Crippen MR) is 408 cm³/mol. The molecule has 0 bridgehead atoms. The SMILES string of the molecule is CB1O[C@@H](CN)c2ccccc21.CB1O[C@H](CN)c2ccccc21.CC[C@@H]1OB(C)c2ccccc21.CC[C@@H]1OB(C)c2ccccc21.CC[C@H]1OB(C)c2ccccc21.CC[C@H]1OB(C)c2ccccc21.COCC(=O)O.COCC(=O)O.COCN.COCN.COCO.COCO.[Rf].[Rf]. The van der Waals surface area contributed by atoms with Crippen molar-refractivity contribution < 1.29 is 86.4 Å². The number of methoxy groups -OCH3 is 6. The van der Waals surface area contributed by atoms with Crippen molar-refractivity contribution in [3.8, 4) is 0 Å². The first-order valence-electron chi connectivity index (χ1n) is 34.0. The number of hydrogen-bond acceptors (Lipinski definition) is 20. The van der Waals surface area contributed by atoms with Crippen molar-refractivity contribution in [3.05, 3.63) is 179 Å². The molecule has 0 radical (unpaired) electrons. The molecule has 552 valence electrons. The van der Waals surface area contributed by atoms with Gasteiger partial charge in [0, 0.05) is 55.7 Å². The molecule has 30 heteroatoms. The van der Waals surface area contributed by atoms with E-state index in [1.165, 1.54) is 94.6 Å². The summed E-state index contributed by atoms with van der Waals surface area (Å²) in [5.74, 6) is -1.87. The molecule has 0 amide bonds. The Labute approximate surface area is 598 Å². The quantitative estimate of drug-likeness (QED) is 0.0412. The summed E-state index contributed by atoms with van der Waals surface area (Å²) in [5, 5.41) is 30.9. The Morgan fingerprint density at radius 2 is 0.490 bits per heavy atom. The Hall–Kier alpha value is -8.07. The summed E-state index contributed by atoms with van der Waals surface area (Å²) < 4.78 is 59.7. The zero-order chi connectivity index (χ0) is 75.0. The third kappa shape index (κ3) is 32.9. The number of benzene rings is 6. The number of fused-ring (bicyclic) bond motifs is 6. The van der Waals surface area contributed by atoms with Gasteiger partial charge in [-0.1, -0.05) is 214 Å². The number of carboxylic acids is 2. The van der Waals surface area contributed by atoms with Gasteiger partial charge in [0.05, 0.1) is 50.1 Å². The van der Waals surface area contributed by atoms with Gasteiger partial charge in [0.1, 0.15) is 26.8 Å². The second kappa shape index (κ2) is 56.5. The number of ether oxygens (including phenoxy) is 6. The van der Waals surface area contributed by atoms with E-state index in [1.54, 1.807) is 14.2 Å². The molecule has 102 heavy (non-hydrogen) atoms. The summed E-state index contributed by atoms with van der Waals surface area (Å²) >= 11 is 0. The fourth-order valence-electron chi connectivity index (χ4n) is 11.3. The molecule has 0 unspecified atom stereocenters. The van der Waals surface area contributed by atoms with E-state index < -0.39 is 11.9 Å². The summed E-state index contributed by atoms with van der Waals surface area (Å²) in [4.78, 5) is 18.9. The van der Waals surface area contributed by atoms with Crippen LogP contribution in [0.25, 0.3) is 0 Å². The molecule has 6 aliphatic rings. The summed E-state index contributed by atoms with van der Waals surface area (Å²) in [6.45, 7) is 23.8. The molecular weight excluding hydrogens is 1810 g/mol. The second-order valence-electron chi connectivity index (χ2n) is 22.9. The molecule has 0 saturated carbocycles. The first-order valence-corrected chi connectivity index (χ1v) is 34.0. The van der Waals surface area contributed by atoms with E-state index in [0.29, 0.717) is 51.0 Å². The van der Waals surface area contributed by atoms with Crippen LogP contribution in [0, 0.1) is 0 Å². The van der Waals surface area contributed by atoms with Crippen LogP contribution in [0.3, 0.4) is 0 Å². The van der Waals surface area contributed by atoms with Crippen LogP contribution in [0.2, 0.25) is 40.9 Å². The molecule has 0 aliphatic carbocycles. The predicted octanol–water partition coefficient (Wildman–Crippen LogP) is 6.77. The monoisotopic (exact) mass is 1920 g/mol. The van der Waals surface area contributed by atoms with Crippen molar-refractivity contribution in [1.29, 1.82) is 0 Å². The van der Waals surface area contributed by atoms with E-state index in [1.807, 2.05) is 24.3 Å². The van der Waals surface area contributed by atoms with Gasteiger partial charge in [0.2, 0.25) is 0 Å². The maximum absolute atomic E-state index is 9.47. The number of aliphatic carboxylic acids is 2. The van der Waals surface area contributed by atoms with E-state index in [2.05, 4.69) is 218 Å². The zero-order valence-electron chi connectivity index (χ0n) is 63.5. The fraction of sp³-hybridized carbons (Fsp3) is 0.472. The van der Waals surface area contributed by atoms with E-state index >= 15 is 0 Å². The van der Waals surface area contributed by atoms with E-state index in [-0.39, 0.29) is 80.5 Å². The zero-order valence-corrected chi connectivity index (χ0v) is 76.3. The van der Waals surface area contributed by atoms with Crippen molar-refractivity contribution in [2.75, 3.05) is 96.0 Å². The van der Waals surface area contributed by atoms with Gasteiger partial charge in [0.25, 0.3) is 0 Å². The summed E-state index contributed by atoms with van der Waals surface area (Å²) in [6, 6.07) is 50.5. The Balaban J connectivity index is 0. The molecule has 6 aromatic carbocycles. The van der Waals surface area contributed by atoms with E-state index in [9.17, 15) is 9.59 Å². The van der Waals surface area contributed by atoms with Crippen molar-refractivity contribution >= 4 is 86.2 Å². The number of carboxylic acid groups (broad SMARTS) is 2. The summed E-state index contributed by atoms with van der Waals surface area (Å²) in [6.07, 6.45) is 5.82. The molecular formula is C72H114B6N4O18Rf2. The van der Waals surface area contributed by atoms with Gasteiger partial charge in [-0.05, 0) is 91.8 Å². The molecule has 12 N–H and O–H groups in total. The third-order valence-electron chi connectivity index (χ3n) is 15.9. The molecule has 12 rings (SSSR count). The summed E-state index contributed by atoms with van der Waals surface area (Å²) in [7, 11) is 8.65. The average Bonchev–Trinajstić information content (AvgIpc) is 1.73. The van der Waals surface area contributed by atoms with Gasteiger partial charge in [-0.25, -0.2) is 9.59 Å². The Kier molecular flexibility index (Phi) is 53.1. The van der Waals surface area contributed by atoms with Crippen molar-refractivity contribution in [2.45, 2.75) is 131 Å². The normalized spacial score (nSPS) is 17.1. The molecule has 22 nitrogen and oxygen atoms in total. The first kappa shape index (κ1) is 96.0. The maximum atomic E-state index is 9.47. The largest absolute Gasteiger partial charge is 0.480 e. The van der Waals surface area contributed by atoms with Crippen LogP contribution >= 0.6 is 0 Å². The maximum Gasteiger partial charge on any atom is 0.329 e. The second-order valence-corrected chi connectivity index (χ2v) is 22.9. The molecule has 6 aliphatic heterocycles. The molecule has 0 saturated heterocycles. The number of aliphatic hydroxyl groups excluding tert-OH is 2. The molecule has 0 spiro atoms. The first-order chi connectivity index (χ1) is 48.2. The number of rotatable bonds is 14. The molecule has 0 aromatic heterocycles. The van der Waals surface area contributed by atoms with Gasteiger partial charge < -0.3 is 99.7 Å². The van der Waals surface area contributed by atoms with Gasteiger partial charge in [0.15, 0.2) is 0 Å². The van der Waals surface area contributed by atoms with Crippen LogP contribution in [-0.4, -0.2) is 170 Å². The van der Waals surface area contributed by atoms with Gasteiger partial charge in [-0.15, -0.1) is 0 Å². The van der Waals surface area contributed by atoms with Crippen LogP contribution in [0.1, 0.15) is 123 Å². The molecule has 6 atom stereocenters. The Morgan fingerprint density at radius 1 is 0.333 bits per heavy atom. The van der Waals surface area contributed by atoms with Crippen molar-refractivity contribution in [3.63, 3.8) is 0 Å². The number of aliphatic hydroxyl groups is 2. The van der Waals surface area contributed by atoms with Crippen LogP contribution in [0.5, 0.6) is 0 Å². The molecule has 0 fully saturated rings. The van der Waals surface area contributed by atoms with Gasteiger partial charge >= 0.3 is 53.4 Å². The Morgan fingerprint density at radius 3 is 0.608 bits per heavy atom. The van der Waals surface area contributed by atoms with Crippen molar-refractivity contribution in [2.24, 2.45) is 22.9 Å². The summed E-state index contributed by atoms with van der Waals surface area (Å²) in [5.41, 5.74) is 36.9. The van der Waals surface area contributed by atoms with Crippen molar-refractivity contribution in [1.82, 2.24) is 0 Å². The third-order valence-corrected chi connectivity index (χ3v) is 15.9. The van der Waals surface area contributed by atoms with E-state index in [0.717, 1.165) is 25.7 Å².